The van der Waals surface area contributed by atoms with E-state index in [1.807, 2.05) is 4.90 Å². The molecule has 0 bridgehead atoms. The largest absolute Gasteiger partial charge is 0.372 e. The number of ether oxygens (including phenoxy) is 1. The molecular formula is C24H29N7O2. The first-order valence-electron chi connectivity index (χ1n) is 11.6. The first-order chi connectivity index (χ1) is 16.2. The third-order valence-electron chi connectivity index (χ3n) is 6.74. The summed E-state index contributed by atoms with van der Waals surface area (Å²) in [4.78, 5) is 23.6. The lowest BCUT2D eigenvalue weighted by atomic mass is 9.92. The number of piperidine rings is 1. The number of carbonyl (C=O) groups excluding carboxylic acids is 1. The summed E-state index contributed by atoms with van der Waals surface area (Å²) in [5.74, 6) is 0.977. The van der Waals surface area contributed by atoms with Crippen LogP contribution in [0.15, 0.2) is 42.9 Å². The van der Waals surface area contributed by atoms with E-state index in [-0.39, 0.29) is 18.1 Å². The van der Waals surface area contributed by atoms with Crippen LogP contribution in [0.4, 0.5) is 5.95 Å². The number of H-pyrrole nitrogens is 1. The molecule has 1 unspecified atom stereocenters. The van der Waals surface area contributed by atoms with Gasteiger partial charge in [-0.1, -0.05) is 29.5 Å². The van der Waals surface area contributed by atoms with E-state index in [4.69, 9.17) is 4.74 Å². The number of rotatable bonds is 7. The Hall–Kier alpha value is -3.33. The van der Waals surface area contributed by atoms with E-state index in [1.54, 1.807) is 18.6 Å². The molecule has 0 radical (unpaired) electrons. The average molecular weight is 448 g/mol. The molecule has 2 N–H and O–H groups in total. The Morgan fingerprint density at radius 1 is 1.18 bits per heavy atom. The fourth-order valence-corrected chi connectivity index (χ4v) is 4.76. The van der Waals surface area contributed by atoms with Gasteiger partial charge in [0, 0.05) is 37.7 Å². The van der Waals surface area contributed by atoms with Crippen molar-refractivity contribution in [2.45, 2.75) is 51.4 Å². The molecule has 2 aliphatic rings. The zero-order valence-electron chi connectivity index (χ0n) is 18.8. The third kappa shape index (κ3) is 5.03. The SMILES string of the molecule is CC(OCc1c[nH]nn1)C1CCN(C(=O)c2cnc(NC3Cc4ccccc4C3)nc2)CC1. The van der Waals surface area contributed by atoms with Crippen LogP contribution in [0.1, 0.15) is 46.9 Å². The molecule has 0 saturated carbocycles. The van der Waals surface area contributed by atoms with Crippen molar-refractivity contribution >= 4 is 11.9 Å². The smallest absolute Gasteiger partial charge is 0.256 e. The first kappa shape index (κ1) is 21.5. The number of likely N-dealkylation sites (tertiary alicyclic amines) is 1. The minimum atomic E-state index is -0.00978. The van der Waals surface area contributed by atoms with Crippen LogP contribution in [0.3, 0.4) is 0 Å². The van der Waals surface area contributed by atoms with Gasteiger partial charge in [-0.25, -0.2) is 9.97 Å². The number of nitrogens with zero attached hydrogens (tertiary/aromatic N) is 5. The van der Waals surface area contributed by atoms with Gasteiger partial charge in [-0.3, -0.25) is 9.89 Å². The molecule has 9 nitrogen and oxygen atoms in total. The topological polar surface area (TPSA) is 109 Å². The zero-order valence-corrected chi connectivity index (χ0v) is 18.8. The lowest BCUT2D eigenvalue weighted by molar-refractivity contribution is -0.00778. The molecule has 5 rings (SSSR count). The highest BCUT2D eigenvalue weighted by Crippen LogP contribution is 2.25. The minimum absolute atomic E-state index is 0.00978. The molecule has 1 amide bonds. The number of carbonyl (C=O) groups is 1. The summed E-state index contributed by atoms with van der Waals surface area (Å²) in [5.41, 5.74) is 4.08. The number of benzene rings is 1. The van der Waals surface area contributed by atoms with Gasteiger partial charge in [-0.2, -0.15) is 0 Å². The highest BCUT2D eigenvalue weighted by atomic mass is 16.5. The number of hydrogen-bond donors (Lipinski definition) is 2. The number of aromatic amines is 1. The monoisotopic (exact) mass is 447 g/mol. The van der Waals surface area contributed by atoms with Crippen molar-refractivity contribution in [1.82, 2.24) is 30.3 Å². The van der Waals surface area contributed by atoms with Crippen molar-refractivity contribution in [3.8, 4) is 0 Å². The van der Waals surface area contributed by atoms with Crippen LogP contribution in [-0.2, 0) is 24.2 Å². The molecule has 1 aliphatic heterocycles. The fourth-order valence-electron chi connectivity index (χ4n) is 4.76. The Morgan fingerprint density at radius 2 is 1.88 bits per heavy atom. The van der Waals surface area contributed by atoms with E-state index >= 15 is 0 Å². The van der Waals surface area contributed by atoms with Crippen molar-refractivity contribution in [2.75, 3.05) is 18.4 Å². The van der Waals surface area contributed by atoms with Crippen molar-refractivity contribution in [3.63, 3.8) is 0 Å². The van der Waals surface area contributed by atoms with Crippen LogP contribution in [0.25, 0.3) is 0 Å². The number of aromatic nitrogens is 5. The molecule has 1 aliphatic carbocycles. The van der Waals surface area contributed by atoms with E-state index < -0.39 is 0 Å². The van der Waals surface area contributed by atoms with Gasteiger partial charge in [-0.05, 0) is 49.7 Å². The van der Waals surface area contributed by atoms with Crippen LogP contribution < -0.4 is 5.32 Å². The maximum atomic E-state index is 12.9. The Kier molecular flexibility index (Phi) is 6.30. The molecule has 1 aromatic carbocycles. The predicted octanol–water partition coefficient (Wildman–Crippen LogP) is 2.63. The van der Waals surface area contributed by atoms with Crippen molar-refractivity contribution < 1.29 is 9.53 Å². The van der Waals surface area contributed by atoms with Crippen molar-refractivity contribution in [2.24, 2.45) is 5.92 Å². The summed E-state index contributed by atoms with van der Waals surface area (Å²) in [6.45, 7) is 3.95. The maximum Gasteiger partial charge on any atom is 0.256 e. The van der Waals surface area contributed by atoms with Gasteiger partial charge in [0.05, 0.1) is 18.3 Å². The summed E-state index contributed by atoms with van der Waals surface area (Å²) in [6.07, 6.45) is 8.87. The molecule has 1 saturated heterocycles. The van der Waals surface area contributed by atoms with Gasteiger partial charge in [0.15, 0.2) is 0 Å². The lowest BCUT2D eigenvalue weighted by Crippen LogP contribution is -2.41. The Labute approximate surface area is 193 Å². The molecular weight excluding hydrogens is 418 g/mol. The molecule has 172 valence electrons. The summed E-state index contributed by atoms with van der Waals surface area (Å²) in [5, 5.41) is 13.7. The lowest BCUT2D eigenvalue weighted by Gasteiger charge is -2.34. The summed E-state index contributed by atoms with van der Waals surface area (Å²) < 4.78 is 5.94. The van der Waals surface area contributed by atoms with Gasteiger partial charge >= 0.3 is 0 Å². The molecule has 3 aromatic rings. The zero-order chi connectivity index (χ0) is 22.6. The molecule has 2 aromatic heterocycles. The molecule has 1 atom stereocenters. The number of fused-ring (bicyclic) bond motifs is 1. The van der Waals surface area contributed by atoms with E-state index in [0.29, 0.717) is 37.1 Å². The van der Waals surface area contributed by atoms with E-state index in [1.165, 1.54) is 11.1 Å². The molecule has 3 heterocycles. The second-order valence-electron chi connectivity index (χ2n) is 8.92. The molecule has 1 fully saturated rings. The standard InChI is InChI=1S/C24H29N7O2/c1-16(33-15-22-14-27-30-29-22)17-6-8-31(9-7-17)23(32)20-12-25-24(26-13-20)28-21-10-18-4-2-3-5-19(18)11-21/h2-5,12-14,16-17,21H,6-11,15H2,1H3,(H,25,26,28)(H,27,29,30). The van der Waals surface area contributed by atoms with E-state index in [2.05, 4.69) is 61.9 Å². The van der Waals surface area contributed by atoms with Gasteiger partial charge in [-0.15, -0.1) is 5.10 Å². The second kappa shape index (κ2) is 9.66. The number of hydrogen-bond acceptors (Lipinski definition) is 7. The second-order valence-corrected chi connectivity index (χ2v) is 8.92. The number of nitrogens with one attached hydrogen (secondary N) is 2. The van der Waals surface area contributed by atoms with Crippen molar-refractivity contribution in [1.29, 1.82) is 0 Å². The Bertz CT molecular complexity index is 1040. The normalized spacial score (nSPS) is 17.7. The number of anilines is 1. The number of amides is 1. The quantitative estimate of drug-likeness (QED) is 0.573. The van der Waals surface area contributed by atoms with Gasteiger partial charge < -0.3 is 15.0 Å². The van der Waals surface area contributed by atoms with Crippen molar-refractivity contribution in [3.05, 3.63) is 65.2 Å². The minimum Gasteiger partial charge on any atom is -0.372 e. The van der Waals surface area contributed by atoms with Crippen LogP contribution in [0.2, 0.25) is 0 Å². The summed E-state index contributed by atoms with van der Waals surface area (Å²) >= 11 is 0. The van der Waals surface area contributed by atoms with Crippen LogP contribution >= 0.6 is 0 Å². The van der Waals surface area contributed by atoms with Crippen LogP contribution in [0, 0.1) is 5.92 Å². The average Bonchev–Trinajstić information content (AvgIpc) is 3.52. The highest BCUT2D eigenvalue weighted by molar-refractivity contribution is 5.93. The van der Waals surface area contributed by atoms with Gasteiger partial charge in [0.25, 0.3) is 5.91 Å². The third-order valence-corrected chi connectivity index (χ3v) is 6.74. The molecule has 0 spiro atoms. The summed E-state index contributed by atoms with van der Waals surface area (Å²) in [7, 11) is 0. The maximum absolute atomic E-state index is 12.9. The fraction of sp³-hybridized carbons (Fsp3) is 0.458. The molecule has 9 heteroatoms. The van der Waals surface area contributed by atoms with Crippen LogP contribution in [-0.4, -0.2) is 61.4 Å². The Balaban J connectivity index is 1.09. The van der Waals surface area contributed by atoms with Gasteiger partial charge in [0.1, 0.15) is 5.69 Å². The van der Waals surface area contributed by atoms with E-state index in [0.717, 1.165) is 31.4 Å². The Morgan fingerprint density at radius 3 is 2.52 bits per heavy atom. The molecule has 33 heavy (non-hydrogen) atoms. The first-order valence-corrected chi connectivity index (χ1v) is 11.6. The van der Waals surface area contributed by atoms with E-state index in [9.17, 15) is 4.79 Å². The van der Waals surface area contributed by atoms with Crippen LogP contribution in [0.5, 0.6) is 0 Å². The van der Waals surface area contributed by atoms with Gasteiger partial charge in [0.2, 0.25) is 5.95 Å². The highest BCUT2D eigenvalue weighted by Gasteiger charge is 2.28. The predicted molar refractivity (Wildman–Crippen MR) is 123 cm³/mol. The summed E-state index contributed by atoms with van der Waals surface area (Å²) in [6, 6.07) is 8.79.